The first-order valence-corrected chi connectivity index (χ1v) is 11.2. The zero-order chi connectivity index (χ0) is 20.0. The van der Waals surface area contributed by atoms with E-state index in [1.807, 2.05) is 45.0 Å². The Bertz CT molecular complexity index is 577. The smallest absolute Gasteiger partial charge is 0.407 e. The van der Waals surface area contributed by atoms with Gasteiger partial charge in [-0.15, -0.1) is 10.3 Å². The van der Waals surface area contributed by atoms with Crippen LogP contribution in [-0.2, 0) is 15.5 Å². The topological polar surface area (TPSA) is 56.8 Å². The van der Waals surface area contributed by atoms with Crippen LogP contribution < -0.4 is 10.1 Å². The monoisotopic (exact) mass is 387 g/mol. The molecule has 1 amide bonds. The highest BCUT2D eigenvalue weighted by atomic mass is 32.3. The van der Waals surface area contributed by atoms with Crippen molar-refractivity contribution in [2.45, 2.75) is 58.4 Å². The maximum Gasteiger partial charge on any atom is 0.407 e. The predicted octanol–water partition coefficient (Wildman–Crippen LogP) is 5.13. The fourth-order valence-corrected chi connectivity index (χ4v) is 2.61. The molecular weight excluding hydrogens is 350 g/mol. The molecule has 0 aromatic heterocycles. The van der Waals surface area contributed by atoms with Crippen molar-refractivity contribution in [2.75, 3.05) is 25.7 Å². The molecule has 1 rings (SSSR count). The largest absolute Gasteiger partial charge is 0.491 e. The predicted molar refractivity (Wildman–Crippen MR) is 112 cm³/mol. The number of benzene rings is 1. The highest BCUT2D eigenvalue weighted by Crippen LogP contribution is 2.53. The third-order valence-electron chi connectivity index (χ3n) is 3.96. The summed E-state index contributed by atoms with van der Waals surface area (Å²) in [7, 11) is -1.12. The van der Waals surface area contributed by atoms with Crippen molar-refractivity contribution >= 4 is 16.4 Å². The first-order chi connectivity index (χ1) is 11.8. The first-order valence-electron chi connectivity index (χ1n) is 8.86. The molecule has 0 unspecified atom stereocenters. The fourth-order valence-electron chi connectivity index (χ4n) is 1.77. The summed E-state index contributed by atoms with van der Waals surface area (Å²) in [4.78, 5) is 11.7. The van der Waals surface area contributed by atoms with E-state index in [1.54, 1.807) is 0 Å². The average Bonchev–Trinajstić information content (AvgIpc) is 2.48. The van der Waals surface area contributed by atoms with Crippen LogP contribution in [0.1, 0.15) is 48.5 Å². The Kier molecular flexibility index (Phi) is 7.84. The second-order valence-electron chi connectivity index (χ2n) is 8.52. The van der Waals surface area contributed by atoms with Gasteiger partial charge in [0.15, 0.2) is 0 Å². The molecule has 1 N–H and O–H groups in total. The molecule has 0 radical (unpaired) electrons. The summed E-state index contributed by atoms with van der Waals surface area (Å²) >= 11 is 0. The van der Waals surface area contributed by atoms with Crippen LogP contribution in [0.5, 0.6) is 5.75 Å². The fraction of sp³-hybridized carbons (Fsp3) is 0.650. The molecule has 0 heterocycles. The molecule has 26 heavy (non-hydrogen) atoms. The van der Waals surface area contributed by atoms with Gasteiger partial charge in [0, 0.05) is 12.7 Å². The third kappa shape index (κ3) is 8.32. The van der Waals surface area contributed by atoms with E-state index in [1.165, 1.54) is 0 Å². The van der Waals surface area contributed by atoms with Crippen LogP contribution in [0, 0.1) is 0 Å². The summed E-state index contributed by atoms with van der Waals surface area (Å²) in [5.41, 5.74) is 0.491. The van der Waals surface area contributed by atoms with E-state index in [0.717, 1.165) is 11.3 Å². The molecule has 0 aliphatic carbocycles. The van der Waals surface area contributed by atoms with Crippen LogP contribution in [0.3, 0.4) is 0 Å². The summed E-state index contributed by atoms with van der Waals surface area (Å²) in [5.74, 6) is 0.790. The van der Waals surface area contributed by atoms with Crippen LogP contribution in [0.4, 0.5) is 4.79 Å². The van der Waals surface area contributed by atoms with E-state index in [-0.39, 0.29) is 6.17 Å². The molecule has 0 saturated carbocycles. The van der Waals surface area contributed by atoms with Crippen molar-refractivity contribution in [3.05, 3.63) is 29.8 Å². The maximum atomic E-state index is 11.7. The Morgan fingerprint density at radius 1 is 1.04 bits per heavy atom. The molecule has 1 aromatic rings. The molecule has 0 aliphatic heterocycles. The second kappa shape index (κ2) is 9.00. The van der Waals surface area contributed by atoms with Crippen molar-refractivity contribution < 1.29 is 19.9 Å². The molecule has 6 heteroatoms. The molecule has 1 aromatic carbocycles. The van der Waals surface area contributed by atoms with E-state index in [2.05, 4.69) is 38.6 Å². The lowest BCUT2D eigenvalue weighted by Crippen LogP contribution is -2.32. The quantitative estimate of drug-likeness (QED) is 0.659. The number of ether oxygens (including phenoxy) is 2. The van der Waals surface area contributed by atoms with Crippen LogP contribution in [-0.4, -0.2) is 42.2 Å². The van der Waals surface area contributed by atoms with Gasteiger partial charge in [0.2, 0.25) is 0 Å². The molecule has 0 fully saturated rings. The third-order valence-corrected chi connectivity index (χ3v) is 7.67. The van der Waals surface area contributed by atoms with Crippen molar-refractivity contribution in [1.29, 1.82) is 0 Å². The van der Waals surface area contributed by atoms with Gasteiger partial charge in [-0.05, 0) is 51.0 Å². The zero-order valence-electron chi connectivity index (χ0n) is 17.5. The Balaban J connectivity index is 0.00000676. The Hall–Kier alpha value is -1.40. The minimum Gasteiger partial charge on any atom is -0.491 e. The van der Waals surface area contributed by atoms with Crippen molar-refractivity contribution in [1.82, 2.24) is 5.32 Å². The Morgan fingerprint density at radius 3 is 2.12 bits per heavy atom. The number of hydrogen-bond acceptors (Lipinski definition) is 4. The zero-order valence-corrected chi connectivity index (χ0v) is 18.3. The van der Waals surface area contributed by atoms with E-state index in [0.29, 0.717) is 19.8 Å². The van der Waals surface area contributed by atoms with Crippen LogP contribution in [0.25, 0.3) is 0 Å². The normalized spacial score (nSPS) is 13.2. The summed E-state index contributed by atoms with van der Waals surface area (Å²) in [6.45, 7) is 13.6. The minimum absolute atomic E-state index is 0. The van der Waals surface area contributed by atoms with Gasteiger partial charge in [-0.3, -0.25) is 0 Å². The van der Waals surface area contributed by atoms with E-state index in [9.17, 15) is 4.79 Å². The van der Waals surface area contributed by atoms with E-state index >= 15 is 0 Å². The van der Waals surface area contributed by atoms with Crippen molar-refractivity contribution in [3.8, 4) is 5.75 Å². The maximum absolute atomic E-state index is 11.7. The Labute approximate surface area is 161 Å². The molecule has 0 saturated heterocycles. The van der Waals surface area contributed by atoms with E-state index < -0.39 is 22.0 Å². The standard InChI is InChI=1S/C20H35NO4S.H2/c1-19(2,3)25-18(22)21-15-16-9-11-17(12-10-16)23-13-14-24-26(7,8)20(4,5)6;/h9-12H,13-15H2,1-8H3,(H,21,22);1H. The first kappa shape index (κ1) is 22.6. The van der Waals surface area contributed by atoms with E-state index in [4.69, 9.17) is 13.7 Å². The summed E-state index contributed by atoms with van der Waals surface area (Å²) in [6.07, 6.45) is 3.94. The van der Waals surface area contributed by atoms with Gasteiger partial charge in [-0.1, -0.05) is 32.9 Å². The SMILES string of the molecule is CC(C)(C)OC(=O)NCc1ccc(OCCOS(C)(C)C(C)(C)C)cc1.[HH]. The number of nitrogens with one attached hydrogen (secondary N) is 1. The van der Waals surface area contributed by atoms with Gasteiger partial charge in [0.25, 0.3) is 0 Å². The van der Waals surface area contributed by atoms with Gasteiger partial charge in [0.05, 0.1) is 6.61 Å². The number of hydrogen-bond donors (Lipinski definition) is 1. The van der Waals surface area contributed by atoms with Gasteiger partial charge in [0.1, 0.15) is 18.0 Å². The molecule has 152 valence electrons. The lowest BCUT2D eigenvalue weighted by molar-refractivity contribution is 0.0523. The summed E-state index contributed by atoms with van der Waals surface area (Å²) in [5, 5.41) is 2.74. The van der Waals surface area contributed by atoms with Gasteiger partial charge in [-0.25, -0.2) is 4.79 Å². The summed E-state index contributed by atoms with van der Waals surface area (Å²) < 4.78 is 17.1. The number of rotatable bonds is 7. The number of carbonyl (C=O) groups excluding carboxylic acids is 1. The molecule has 0 bridgehead atoms. The van der Waals surface area contributed by atoms with Gasteiger partial charge < -0.3 is 19.0 Å². The van der Waals surface area contributed by atoms with Crippen LogP contribution in [0.2, 0.25) is 0 Å². The molecule has 0 aliphatic rings. The average molecular weight is 388 g/mol. The van der Waals surface area contributed by atoms with Crippen LogP contribution in [0.15, 0.2) is 24.3 Å². The molecule has 0 spiro atoms. The number of amides is 1. The van der Waals surface area contributed by atoms with Gasteiger partial charge in [-0.2, -0.15) is 0 Å². The molecular formula is C20H37NO4S. The number of carbonyl (C=O) groups is 1. The number of alkyl carbamates (subject to hydrolysis) is 1. The highest BCUT2D eigenvalue weighted by molar-refractivity contribution is 8.29. The lowest BCUT2D eigenvalue weighted by atomic mass is 10.2. The summed E-state index contributed by atoms with van der Waals surface area (Å²) in [6, 6.07) is 7.65. The molecule has 5 nitrogen and oxygen atoms in total. The van der Waals surface area contributed by atoms with Crippen LogP contribution >= 0.6 is 10.3 Å². The van der Waals surface area contributed by atoms with Crippen molar-refractivity contribution in [2.24, 2.45) is 0 Å². The Morgan fingerprint density at radius 2 is 1.62 bits per heavy atom. The minimum atomic E-state index is -1.12. The van der Waals surface area contributed by atoms with Crippen molar-refractivity contribution in [3.63, 3.8) is 0 Å². The highest BCUT2D eigenvalue weighted by Gasteiger charge is 2.28. The lowest BCUT2D eigenvalue weighted by Gasteiger charge is -2.43. The second-order valence-corrected chi connectivity index (χ2v) is 12.4. The molecule has 0 atom stereocenters. The van der Waals surface area contributed by atoms with Gasteiger partial charge >= 0.3 is 6.09 Å².